The Bertz CT molecular complexity index is 1030. The third kappa shape index (κ3) is 5.13. The lowest BCUT2D eigenvalue weighted by atomic mass is 10.1. The number of aromatic nitrogens is 1. The molecule has 0 saturated heterocycles. The van der Waals surface area contributed by atoms with E-state index in [1.807, 2.05) is 19.1 Å². The lowest BCUT2D eigenvalue weighted by molar-refractivity contribution is -0.384. The first-order chi connectivity index (χ1) is 13.9. The van der Waals surface area contributed by atoms with Gasteiger partial charge in [0, 0.05) is 24.4 Å². The van der Waals surface area contributed by atoms with E-state index in [0.29, 0.717) is 5.56 Å². The van der Waals surface area contributed by atoms with Gasteiger partial charge in [-0.1, -0.05) is 18.2 Å². The van der Waals surface area contributed by atoms with Crippen molar-refractivity contribution in [3.8, 4) is 0 Å². The van der Waals surface area contributed by atoms with E-state index in [1.54, 1.807) is 24.4 Å². The minimum Gasteiger partial charge on any atom is -0.371 e. The van der Waals surface area contributed by atoms with Crippen molar-refractivity contribution in [1.29, 1.82) is 0 Å². The molecule has 0 spiro atoms. The second-order valence-electron chi connectivity index (χ2n) is 6.42. The highest BCUT2D eigenvalue weighted by atomic mass is 19.1. The van der Waals surface area contributed by atoms with Crippen LogP contribution in [0.4, 0.5) is 15.8 Å². The monoisotopic (exact) mass is 394 g/mol. The Morgan fingerprint density at radius 1 is 1.17 bits per heavy atom. The lowest BCUT2D eigenvalue weighted by Crippen LogP contribution is -2.23. The highest BCUT2D eigenvalue weighted by Gasteiger charge is 2.19. The van der Waals surface area contributed by atoms with Crippen molar-refractivity contribution in [3.63, 3.8) is 0 Å². The number of benzene rings is 2. The molecule has 1 atom stereocenters. The van der Waals surface area contributed by atoms with Crippen LogP contribution in [0.15, 0.2) is 66.9 Å². The summed E-state index contributed by atoms with van der Waals surface area (Å²) in [6.07, 6.45) is 1.65. The van der Waals surface area contributed by atoms with Crippen LogP contribution in [0, 0.1) is 15.9 Å². The molecule has 3 aromatic rings. The van der Waals surface area contributed by atoms with E-state index in [2.05, 4.69) is 15.6 Å². The summed E-state index contributed by atoms with van der Waals surface area (Å²) in [5.74, 6) is -0.883. The van der Waals surface area contributed by atoms with Crippen molar-refractivity contribution < 1.29 is 14.1 Å². The quantitative estimate of drug-likeness (QED) is 0.462. The summed E-state index contributed by atoms with van der Waals surface area (Å²) in [6.45, 7) is 1.95. The summed E-state index contributed by atoms with van der Waals surface area (Å²) in [5.41, 5.74) is 1.54. The molecule has 1 heterocycles. The van der Waals surface area contributed by atoms with Crippen LogP contribution < -0.4 is 10.6 Å². The summed E-state index contributed by atoms with van der Waals surface area (Å²) < 4.78 is 13.2. The number of nitrogens with zero attached hydrogens (tertiary/aromatic N) is 2. The number of rotatable bonds is 7. The zero-order valence-corrected chi connectivity index (χ0v) is 15.6. The van der Waals surface area contributed by atoms with Gasteiger partial charge < -0.3 is 10.6 Å². The minimum absolute atomic E-state index is 0.112. The largest absolute Gasteiger partial charge is 0.371 e. The maximum absolute atomic E-state index is 13.2. The average molecular weight is 394 g/mol. The molecule has 8 heteroatoms. The van der Waals surface area contributed by atoms with E-state index in [0.717, 1.165) is 5.69 Å². The van der Waals surface area contributed by atoms with Gasteiger partial charge in [0.2, 0.25) is 0 Å². The van der Waals surface area contributed by atoms with Gasteiger partial charge in [-0.2, -0.15) is 0 Å². The third-order valence-corrected chi connectivity index (χ3v) is 4.30. The van der Waals surface area contributed by atoms with Crippen molar-refractivity contribution in [2.75, 3.05) is 5.32 Å². The van der Waals surface area contributed by atoms with Crippen LogP contribution in [0.3, 0.4) is 0 Å². The molecular weight excluding hydrogens is 375 g/mol. The predicted molar refractivity (Wildman–Crippen MR) is 107 cm³/mol. The molecular formula is C21H19FN4O3. The summed E-state index contributed by atoms with van der Waals surface area (Å²) in [4.78, 5) is 27.6. The first-order valence-corrected chi connectivity index (χ1v) is 8.92. The molecule has 148 valence electrons. The number of hydrogen-bond acceptors (Lipinski definition) is 5. The fraction of sp³-hybridized carbons (Fsp3) is 0.143. The average Bonchev–Trinajstić information content (AvgIpc) is 2.72. The number of hydrogen-bond donors (Lipinski definition) is 2. The maximum atomic E-state index is 13.2. The van der Waals surface area contributed by atoms with E-state index in [1.165, 1.54) is 30.3 Å². The number of carbonyl (C=O) groups excluding carboxylic acids is 1. The smallest absolute Gasteiger partial charge is 0.293 e. The van der Waals surface area contributed by atoms with E-state index in [-0.39, 0.29) is 29.5 Å². The molecule has 0 aliphatic heterocycles. The molecule has 7 nitrogen and oxygen atoms in total. The summed E-state index contributed by atoms with van der Waals surface area (Å²) >= 11 is 0. The first kappa shape index (κ1) is 19.9. The van der Waals surface area contributed by atoms with Crippen LogP contribution in [0.2, 0.25) is 0 Å². The molecule has 29 heavy (non-hydrogen) atoms. The lowest BCUT2D eigenvalue weighted by Gasteiger charge is -2.15. The number of carbonyl (C=O) groups is 1. The first-order valence-electron chi connectivity index (χ1n) is 8.92. The Morgan fingerprint density at radius 2 is 2.00 bits per heavy atom. The van der Waals surface area contributed by atoms with E-state index in [4.69, 9.17) is 0 Å². The zero-order chi connectivity index (χ0) is 20.8. The summed E-state index contributed by atoms with van der Waals surface area (Å²) in [7, 11) is 0. The molecule has 3 rings (SSSR count). The number of nitro benzene ring substituents is 1. The van der Waals surface area contributed by atoms with Crippen molar-refractivity contribution >= 4 is 17.3 Å². The molecule has 0 bridgehead atoms. The molecule has 0 aliphatic carbocycles. The van der Waals surface area contributed by atoms with Gasteiger partial charge in [-0.3, -0.25) is 19.9 Å². The van der Waals surface area contributed by atoms with Crippen molar-refractivity contribution in [2.45, 2.75) is 19.5 Å². The fourth-order valence-corrected chi connectivity index (χ4v) is 2.82. The third-order valence-electron chi connectivity index (χ3n) is 4.30. The summed E-state index contributed by atoms with van der Waals surface area (Å²) in [5, 5.41) is 17.2. The fourth-order valence-electron chi connectivity index (χ4n) is 2.82. The zero-order valence-electron chi connectivity index (χ0n) is 15.6. The van der Waals surface area contributed by atoms with Crippen LogP contribution in [-0.4, -0.2) is 15.8 Å². The highest BCUT2D eigenvalue weighted by molar-refractivity contribution is 5.95. The highest BCUT2D eigenvalue weighted by Crippen LogP contribution is 2.29. The second-order valence-corrected chi connectivity index (χ2v) is 6.42. The number of pyridine rings is 1. The predicted octanol–water partition coefficient (Wildman–Crippen LogP) is 4.23. The van der Waals surface area contributed by atoms with Gasteiger partial charge in [0.15, 0.2) is 0 Å². The van der Waals surface area contributed by atoms with E-state index in [9.17, 15) is 19.3 Å². The molecule has 0 fully saturated rings. The van der Waals surface area contributed by atoms with Gasteiger partial charge in [-0.15, -0.1) is 0 Å². The maximum Gasteiger partial charge on any atom is 0.293 e. The van der Waals surface area contributed by atoms with Gasteiger partial charge in [0.1, 0.15) is 11.5 Å². The van der Waals surface area contributed by atoms with Crippen LogP contribution in [0.25, 0.3) is 0 Å². The molecule has 0 saturated carbocycles. The number of nitro groups is 1. The number of halogens is 1. The molecule has 2 N–H and O–H groups in total. The normalized spacial score (nSPS) is 11.5. The van der Waals surface area contributed by atoms with Crippen molar-refractivity contribution in [2.24, 2.45) is 0 Å². The minimum atomic E-state index is -0.545. The molecule has 1 aromatic heterocycles. The van der Waals surface area contributed by atoms with Crippen LogP contribution in [-0.2, 0) is 6.54 Å². The molecule has 0 aliphatic rings. The van der Waals surface area contributed by atoms with Gasteiger partial charge in [-0.05, 0) is 48.9 Å². The topological polar surface area (TPSA) is 97.2 Å². The molecule has 1 unspecified atom stereocenters. The van der Waals surface area contributed by atoms with Crippen LogP contribution in [0.5, 0.6) is 0 Å². The van der Waals surface area contributed by atoms with Crippen LogP contribution >= 0.6 is 0 Å². The number of amides is 1. The van der Waals surface area contributed by atoms with Gasteiger partial charge in [-0.25, -0.2) is 4.39 Å². The second kappa shape index (κ2) is 8.92. The Hall–Kier alpha value is -3.81. The Balaban J connectivity index is 1.74. The van der Waals surface area contributed by atoms with Gasteiger partial charge in [0.05, 0.1) is 16.7 Å². The standard InChI is InChI=1S/C21H19FN4O3/c1-14(18-7-2-3-10-23-18)25-19-9-8-16(12-20(19)26(28)29)21(27)24-13-15-5-4-6-17(22)11-15/h2-12,14,25H,13H2,1H3,(H,24,27). The SMILES string of the molecule is CC(Nc1ccc(C(=O)NCc2cccc(F)c2)cc1[N+](=O)[O-])c1ccccn1. The van der Waals surface area contributed by atoms with Crippen molar-refractivity contribution in [1.82, 2.24) is 10.3 Å². The Kier molecular flexibility index (Phi) is 6.13. The Labute approximate surface area is 166 Å². The van der Waals surface area contributed by atoms with E-state index >= 15 is 0 Å². The van der Waals surface area contributed by atoms with Gasteiger partial charge in [0.25, 0.3) is 11.6 Å². The number of anilines is 1. The Morgan fingerprint density at radius 3 is 2.69 bits per heavy atom. The van der Waals surface area contributed by atoms with Gasteiger partial charge >= 0.3 is 0 Å². The van der Waals surface area contributed by atoms with Crippen molar-refractivity contribution in [3.05, 3.63) is 99.6 Å². The van der Waals surface area contributed by atoms with Crippen LogP contribution in [0.1, 0.15) is 34.6 Å². The van der Waals surface area contributed by atoms with E-state index < -0.39 is 16.6 Å². The molecule has 0 radical (unpaired) electrons. The number of nitrogens with one attached hydrogen (secondary N) is 2. The summed E-state index contributed by atoms with van der Waals surface area (Å²) in [6, 6.07) is 15.2. The molecule has 2 aromatic carbocycles. The molecule has 1 amide bonds.